The van der Waals surface area contributed by atoms with Crippen molar-refractivity contribution in [1.82, 2.24) is 19.7 Å². The summed E-state index contributed by atoms with van der Waals surface area (Å²) in [7, 11) is 0. The Morgan fingerprint density at radius 3 is 2.93 bits per heavy atom. The number of nitrogens with two attached hydrogens (primary N) is 1. The standard InChI is InChI=1S/C9H10BrN5/c1-6-4-7(2-3-12-6)5-15-8(10)13-9(11)14-15/h2-4H,5H2,1H3,(H2,11,14). The second-order valence-corrected chi connectivity index (χ2v) is 3.91. The van der Waals surface area contributed by atoms with Gasteiger partial charge in [-0.25, -0.2) is 4.68 Å². The molecule has 5 nitrogen and oxygen atoms in total. The Morgan fingerprint density at radius 1 is 1.53 bits per heavy atom. The van der Waals surface area contributed by atoms with Gasteiger partial charge in [0.05, 0.1) is 6.54 Å². The van der Waals surface area contributed by atoms with Gasteiger partial charge in [-0.05, 0) is 40.5 Å². The van der Waals surface area contributed by atoms with Crippen molar-refractivity contribution in [3.05, 3.63) is 34.3 Å². The summed E-state index contributed by atoms with van der Waals surface area (Å²) in [5.41, 5.74) is 7.58. The maximum Gasteiger partial charge on any atom is 0.240 e. The molecule has 2 aromatic rings. The Bertz CT molecular complexity index is 479. The first-order valence-electron chi connectivity index (χ1n) is 4.42. The zero-order chi connectivity index (χ0) is 10.8. The third kappa shape index (κ3) is 2.33. The summed E-state index contributed by atoms with van der Waals surface area (Å²) in [5.74, 6) is 0.271. The van der Waals surface area contributed by atoms with Crippen LogP contribution in [-0.2, 0) is 6.54 Å². The number of nitrogen functional groups attached to an aromatic ring is 1. The van der Waals surface area contributed by atoms with E-state index < -0.39 is 0 Å². The average Bonchev–Trinajstić information content (AvgIpc) is 2.45. The molecule has 0 radical (unpaired) electrons. The maximum atomic E-state index is 5.48. The molecule has 0 spiro atoms. The van der Waals surface area contributed by atoms with Gasteiger partial charge in [-0.2, -0.15) is 4.98 Å². The summed E-state index contributed by atoms with van der Waals surface area (Å²) in [6.07, 6.45) is 1.78. The first kappa shape index (κ1) is 10.1. The largest absolute Gasteiger partial charge is 0.366 e. The summed E-state index contributed by atoms with van der Waals surface area (Å²) in [6.45, 7) is 2.59. The van der Waals surface area contributed by atoms with Crippen LogP contribution >= 0.6 is 15.9 Å². The topological polar surface area (TPSA) is 69.6 Å². The molecule has 0 aromatic carbocycles. The molecule has 0 unspecified atom stereocenters. The molecule has 0 amide bonds. The van der Waals surface area contributed by atoms with Crippen LogP contribution in [0.25, 0.3) is 0 Å². The highest BCUT2D eigenvalue weighted by atomic mass is 79.9. The van der Waals surface area contributed by atoms with Crippen molar-refractivity contribution in [2.24, 2.45) is 0 Å². The first-order valence-corrected chi connectivity index (χ1v) is 5.22. The number of anilines is 1. The van der Waals surface area contributed by atoms with Crippen LogP contribution in [-0.4, -0.2) is 19.7 Å². The van der Waals surface area contributed by atoms with Gasteiger partial charge in [0.2, 0.25) is 5.95 Å². The van der Waals surface area contributed by atoms with Gasteiger partial charge in [0, 0.05) is 11.9 Å². The van der Waals surface area contributed by atoms with Gasteiger partial charge < -0.3 is 5.73 Å². The van der Waals surface area contributed by atoms with Crippen LogP contribution in [0.2, 0.25) is 0 Å². The zero-order valence-electron chi connectivity index (χ0n) is 8.18. The van der Waals surface area contributed by atoms with Crippen molar-refractivity contribution in [2.45, 2.75) is 13.5 Å². The quantitative estimate of drug-likeness (QED) is 0.893. The van der Waals surface area contributed by atoms with E-state index in [0.29, 0.717) is 11.3 Å². The van der Waals surface area contributed by atoms with Crippen molar-refractivity contribution in [1.29, 1.82) is 0 Å². The van der Waals surface area contributed by atoms with Crippen molar-refractivity contribution in [3.63, 3.8) is 0 Å². The number of hydrogen-bond donors (Lipinski definition) is 1. The molecule has 78 valence electrons. The highest BCUT2D eigenvalue weighted by Crippen LogP contribution is 2.11. The Morgan fingerprint density at radius 2 is 2.33 bits per heavy atom. The minimum absolute atomic E-state index is 0.271. The molecule has 2 aromatic heterocycles. The predicted molar refractivity (Wildman–Crippen MR) is 60.2 cm³/mol. The minimum Gasteiger partial charge on any atom is -0.366 e. The maximum absolute atomic E-state index is 5.48. The van der Waals surface area contributed by atoms with E-state index in [1.807, 2.05) is 19.1 Å². The lowest BCUT2D eigenvalue weighted by Crippen LogP contribution is -2.03. The van der Waals surface area contributed by atoms with E-state index in [-0.39, 0.29) is 5.95 Å². The monoisotopic (exact) mass is 267 g/mol. The van der Waals surface area contributed by atoms with E-state index in [1.54, 1.807) is 10.9 Å². The van der Waals surface area contributed by atoms with E-state index in [0.717, 1.165) is 11.3 Å². The summed E-state index contributed by atoms with van der Waals surface area (Å²) in [6, 6.07) is 3.95. The predicted octanol–water partition coefficient (Wildman–Crippen LogP) is 1.37. The Kier molecular flexibility index (Phi) is 2.68. The number of pyridine rings is 1. The smallest absolute Gasteiger partial charge is 0.240 e. The lowest BCUT2D eigenvalue weighted by atomic mass is 10.2. The molecule has 2 N–H and O–H groups in total. The number of rotatable bonds is 2. The molecule has 0 atom stereocenters. The van der Waals surface area contributed by atoms with Crippen LogP contribution in [0.3, 0.4) is 0 Å². The number of nitrogens with zero attached hydrogens (tertiary/aromatic N) is 4. The fourth-order valence-electron chi connectivity index (χ4n) is 1.32. The lowest BCUT2D eigenvalue weighted by molar-refractivity contribution is 0.669. The molecule has 0 bridgehead atoms. The van der Waals surface area contributed by atoms with Gasteiger partial charge in [0.1, 0.15) is 0 Å². The SMILES string of the molecule is Cc1cc(Cn2nc(N)nc2Br)ccn1. The highest BCUT2D eigenvalue weighted by Gasteiger charge is 2.05. The van der Waals surface area contributed by atoms with Crippen LogP contribution < -0.4 is 5.73 Å². The van der Waals surface area contributed by atoms with Crippen LogP contribution in [0.15, 0.2) is 23.1 Å². The summed E-state index contributed by atoms with van der Waals surface area (Å²) in [5, 5.41) is 4.05. The van der Waals surface area contributed by atoms with E-state index in [2.05, 4.69) is 31.0 Å². The first-order chi connectivity index (χ1) is 7.15. The van der Waals surface area contributed by atoms with Gasteiger partial charge in [0.15, 0.2) is 4.73 Å². The molecule has 2 heterocycles. The van der Waals surface area contributed by atoms with Gasteiger partial charge in [-0.15, -0.1) is 5.10 Å². The molecule has 0 saturated carbocycles. The number of aryl methyl sites for hydroxylation is 1. The summed E-state index contributed by atoms with van der Waals surface area (Å²) < 4.78 is 2.33. The third-order valence-electron chi connectivity index (χ3n) is 1.94. The van der Waals surface area contributed by atoms with Gasteiger partial charge in [0.25, 0.3) is 0 Å². The lowest BCUT2D eigenvalue weighted by Gasteiger charge is -2.02. The number of aromatic nitrogens is 4. The Labute approximate surface area is 95.5 Å². The van der Waals surface area contributed by atoms with Crippen LogP contribution in [0, 0.1) is 6.92 Å². The van der Waals surface area contributed by atoms with Crippen LogP contribution in [0.1, 0.15) is 11.3 Å². The van der Waals surface area contributed by atoms with Gasteiger partial charge in [-0.1, -0.05) is 0 Å². The van der Waals surface area contributed by atoms with Crippen molar-refractivity contribution in [3.8, 4) is 0 Å². The fourth-order valence-corrected chi connectivity index (χ4v) is 1.70. The van der Waals surface area contributed by atoms with E-state index in [9.17, 15) is 0 Å². The number of halogens is 1. The summed E-state index contributed by atoms with van der Waals surface area (Å²) >= 11 is 3.29. The van der Waals surface area contributed by atoms with E-state index in [1.165, 1.54) is 0 Å². The van der Waals surface area contributed by atoms with E-state index >= 15 is 0 Å². The van der Waals surface area contributed by atoms with Crippen molar-refractivity contribution < 1.29 is 0 Å². The van der Waals surface area contributed by atoms with Crippen molar-refractivity contribution in [2.75, 3.05) is 5.73 Å². The molecule has 0 fully saturated rings. The molecule has 2 rings (SSSR count). The second-order valence-electron chi connectivity index (χ2n) is 3.20. The minimum atomic E-state index is 0.271. The summed E-state index contributed by atoms with van der Waals surface area (Å²) in [4.78, 5) is 8.09. The molecular weight excluding hydrogens is 258 g/mol. The fraction of sp³-hybridized carbons (Fsp3) is 0.222. The van der Waals surface area contributed by atoms with Crippen LogP contribution in [0.4, 0.5) is 5.95 Å². The third-order valence-corrected chi connectivity index (χ3v) is 2.52. The average molecular weight is 268 g/mol. The van der Waals surface area contributed by atoms with E-state index in [4.69, 9.17) is 5.73 Å². The molecule has 0 aliphatic carbocycles. The number of hydrogen-bond acceptors (Lipinski definition) is 4. The van der Waals surface area contributed by atoms with Crippen LogP contribution in [0.5, 0.6) is 0 Å². The molecule has 6 heteroatoms. The Balaban J connectivity index is 2.25. The van der Waals surface area contributed by atoms with Gasteiger partial charge in [-0.3, -0.25) is 4.98 Å². The van der Waals surface area contributed by atoms with Gasteiger partial charge >= 0.3 is 0 Å². The normalized spacial score (nSPS) is 10.5. The molecule has 0 aliphatic heterocycles. The Hall–Kier alpha value is -1.43. The molecule has 15 heavy (non-hydrogen) atoms. The molecule has 0 aliphatic rings. The molecule has 0 saturated heterocycles. The van der Waals surface area contributed by atoms with Crippen molar-refractivity contribution >= 4 is 21.9 Å². The second kappa shape index (κ2) is 3.98. The zero-order valence-corrected chi connectivity index (χ0v) is 9.77. The highest BCUT2D eigenvalue weighted by molar-refractivity contribution is 9.10. The molecular formula is C9H10BrN5.